The summed E-state index contributed by atoms with van der Waals surface area (Å²) < 4.78 is 40.6. The average Bonchev–Trinajstić information content (AvgIpc) is 2.45. The third-order valence-corrected chi connectivity index (χ3v) is 3.40. The number of alkyl halides is 3. The van der Waals surface area contributed by atoms with Crippen LogP contribution in [0.15, 0.2) is 24.3 Å². The van der Waals surface area contributed by atoms with Crippen LogP contribution < -0.4 is 15.4 Å². The van der Waals surface area contributed by atoms with Crippen LogP contribution in [-0.2, 0) is 4.79 Å². The number of hydrogen-bond acceptors (Lipinski definition) is 4. The zero-order valence-electron chi connectivity index (χ0n) is 12.1. The van der Waals surface area contributed by atoms with Gasteiger partial charge in [0.05, 0.1) is 6.04 Å². The lowest BCUT2D eigenvalue weighted by Crippen LogP contribution is -2.52. The van der Waals surface area contributed by atoms with Gasteiger partial charge in [-0.05, 0) is 19.1 Å². The standard InChI is InChI=1S/C14H18F3N3O2/c1-10(18)13(21)20-7-5-19(6-8-20)11-3-2-4-12(9-11)22-14(15,16)17/h2-4,9-10H,5-8,18H2,1H3/t10-/m0/s1. The molecule has 2 rings (SSSR count). The molecule has 8 heteroatoms. The van der Waals surface area contributed by atoms with Crippen LogP contribution in [0.3, 0.4) is 0 Å². The van der Waals surface area contributed by atoms with Gasteiger partial charge >= 0.3 is 6.36 Å². The number of amides is 1. The Balaban J connectivity index is 1.99. The van der Waals surface area contributed by atoms with E-state index in [0.717, 1.165) is 0 Å². The molecule has 1 amide bonds. The zero-order chi connectivity index (χ0) is 16.3. The monoisotopic (exact) mass is 317 g/mol. The van der Waals surface area contributed by atoms with Gasteiger partial charge in [-0.1, -0.05) is 6.07 Å². The minimum absolute atomic E-state index is 0.117. The molecule has 2 N–H and O–H groups in total. The van der Waals surface area contributed by atoms with Gasteiger partial charge in [0.2, 0.25) is 5.91 Å². The molecule has 22 heavy (non-hydrogen) atoms. The highest BCUT2D eigenvalue weighted by molar-refractivity contribution is 5.81. The molecule has 0 saturated carbocycles. The predicted molar refractivity (Wildman–Crippen MR) is 75.6 cm³/mol. The maximum absolute atomic E-state index is 12.2. The first kappa shape index (κ1) is 16.4. The molecule has 0 aliphatic carbocycles. The van der Waals surface area contributed by atoms with E-state index >= 15 is 0 Å². The van der Waals surface area contributed by atoms with Gasteiger partial charge in [0.15, 0.2) is 0 Å². The van der Waals surface area contributed by atoms with Crippen LogP contribution in [0.5, 0.6) is 5.75 Å². The lowest BCUT2D eigenvalue weighted by Gasteiger charge is -2.36. The second-order valence-corrected chi connectivity index (χ2v) is 5.15. The summed E-state index contributed by atoms with van der Waals surface area (Å²) in [4.78, 5) is 15.4. The van der Waals surface area contributed by atoms with Crippen molar-refractivity contribution in [3.8, 4) is 5.75 Å². The van der Waals surface area contributed by atoms with E-state index in [0.29, 0.717) is 31.9 Å². The minimum Gasteiger partial charge on any atom is -0.406 e. The van der Waals surface area contributed by atoms with Crippen molar-refractivity contribution in [2.45, 2.75) is 19.3 Å². The number of anilines is 1. The van der Waals surface area contributed by atoms with Crippen LogP contribution in [0.25, 0.3) is 0 Å². The first-order valence-corrected chi connectivity index (χ1v) is 6.91. The second-order valence-electron chi connectivity index (χ2n) is 5.15. The summed E-state index contributed by atoms with van der Waals surface area (Å²) in [7, 11) is 0. The summed E-state index contributed by atoms with van der Waals surface area (Å²) in [6, 6.07) is 5.28. The fraction of sp³-hybridized carbons (Fsp3) is 0.500. The first-order valence-electron chi connectivity index (χ1n) is 6.91. The molecular weight excluding hydrogens is 299 g/mol. The van der Waals surface area contributed by atoms with E-state index in [9.17, 15) is 18.0 Å². The van der Waals surface area contributed by atoms with Crippen molar-refractivity contribution in [2.75, 3.05) is 31.1 Å². The number of piperazine rings is 1. The Morgan fingerprint density at radius 1 is 1.27 bits per heavy atom. The van der Waals surface area contributed by atoms with Crippen molar-refractivity contribution < 1.29 is 22.7 Å². The van der Waals surface area contributed by atoms with E-state index in [1.807, 2.05) is 4.90 Å². The van der Waals surface area contributed by atoms with Crippen LogP contribution in [0.2, 0.25) is 0 Å². The minimum atomic E-state index is -4.71. The van der Waals surface area contributed by atoms with Gasteiger partial charge in [-0.2, -0.15) is 0 Å². The summed E-state index contributed by atoms with van der Waals surface area (Å²) >= 11 is 0. The third-order valence-electron chi connectivity index (χ3n) is 3.40. The van der Waals surface area contributed by atoms with Crippen molar-refractivity contribution in [2.24, 2.45) is 5.73 Å². The van der Waals surface area contributed by atoms with E-state index in [-0.39, 0.29) is 11.7 Å². The van der Waals surface area contributed by atoms with Crippen LogP contribution in [0, 0.1) is 0 Å². The van der Waals surface area contributed by atoms with Crippen molar-refractivity contribution in [1.29, 1.82) is 0 Å². The van der Waals surface area contributed by atoms with Crippen molar-refractivity contribution in [3.63, 3.8) is 0 Å². The van der Waals surface area contributed by atoms with Gasteiger partial charge in [-0.3, -0.25) is 4.79 Å². The second kappa shape index (κ2) is 6.43. The summed E-state index contributed by atoms with van der Waals surface area (Å²) in [5.41, 5.74) is 6.20. The molecular formula is C14H18F3N3O2. The molecule has 1 aliphatic rings. The number of carbonyl (C=O) groups is 1. The molecule has 0 aromatic heterocycles. The number of carbonyl (C=O) groups excluding carboxylic acids is 1. The van der Waals surface area contributed by atoms with Gasteiger partial charge in [0, 0.05) is 37.9 Å². The molecule has 1 aliphatic heterocycles. The summed E-state index contributed by atoms with van der Waals surface area (Å²) in [6.07, 6.45) is -4.71. The van der Waals surface area contributed by atoms with E-state index in [2.05, 4.69) is 4.74 Å². The Morgan fingerprint density at radius 3 is 2.45 bits per heavy atom. The maximum atomic E-state index is 12.2. The quantitative estimate of drug-likeness (QED) is 0.919. The SMILES string of the molecule is C[C@H](N)C(=O)N1CCN(c2cccc(OC(F)(F)F)c2)CC1. The van der Waals surface area contributed by atoms with Crippen molar-refractivity contribution in [1.82, 2.24) is 4.90 Å². The molecule has 1 aromatic rings. The molecule has 1 fully saturated rings. The molecule has 122 valence electrons. The van der Waals surface area contributed by atoms with Crippen molar-refractivity contribution in [3.05, 3.63) is 24.3 Å². The van der Waals surface area contributed by atoms with Gasteiger partial charge < -0.3 is 20.3 Å². The molecule has 1 aromatic carbocycles. The molecule has 0 unspecified atom stereocenters. The highest BCUT2D eigenvalue weighted by Crippen LogP contribution is 2.27. The Morgan fingerprint density at radius 2 is 1.91 bits per heavy atom. The Hall–Kier alpha value is -1.96. The van der Waals surface area contributed by atoms with Gasteiger partial charge in [0.1, 0.15) is 5.75 Å². The van der Waals surface area contributed by atoms with Crippen LogP contribution >= 0.6 is 0 Å². The third kappa shape index (κ3) is 4.27. The number of nitrogens with two attached hydrogens (primary N) is 1. The summed E-state index contributed by atoms with van der Waals surface area (Å²) in [5, 5.41) is 0. The van der Waals surface area contributed by atoms with Gasteiger partial charge in [-0.25, -0.2) is 0 Å². The lowest BCUT2D eigenvalue weighted by atomic mass is 10.2. The largest absolute Gasteiger partial charge is 0.573 e. The highest BCUT2D eigenvalue weighted by atomic mass is 19.4. The molecule has 5 nitrogen and oxygen atoms in total. The number of halogens is 3. The van der Waals surface area contributed by atoms with Gasteiger partial charge in [-0.15, -0.1) is 13.2 Å². The number of nitrogens with zero attached hydrogens (tertiary/aromatic N) is 2. The smallest absolute Gasteiger partial charge is 0.406 e. The normalized spacial score (nSPS) is 17.3. The molecule has 1 saturated heterocycles. The molecule has 0 radical (unpaired) electrons. The predicted octanol–water partition coefficient (Wildman–Crippen LogP) is 1.58. The first-order chi connectivity index (χ1) is 10.3. The number of benzene rings is 1. The lowest BCUT2D eigenvalue weighted by molar-refractivity contribution is -0.274. The number of ether oxygens (including phenoxy) is 1. The maximum Gasteiger partial charge on any atom is 0.573 e. The van der Waals surface area contributed by atoms with Crippen LogP contribution in [0.1, 0.15) is 6.92 Å². The molecule has 0 spiro atoms. The fourth-order valence-electron chi connectivity index (χ4n) is 2.35. The average molecular weight is 317 g/mol. The van der Waals surface area contributed by atoms with E-state index in [1.54, 1.807) is 17.9 Å². The summed E-state index contributed by atoms with van der Waals surface area (Å²) in [5.74, 6) is -0.368. The Labute approximate surface area is 126 Å². The zero-order valence-corrected chi connectivity index (χ0v) is 12.1. The van der Waals surface area contributed by atoms with Crippen LogP contribution in [-0.4, -0.2) is 49.4 Å². The number of hydrogen-bond donors (Lipinski definition) is 1. The van der Waals surface area contributed by atoms with Gasteiger partial charge in [0.25, 0.3) is 0 Å². The Kier molecular flexibility index (Phi) is 4.80. The molecule has 0 bridgehead atoms. The van der Waals surface area contributed by atoms with Crippen LogP contribution in [0.4, 0.5) is 18.9 Å². The topological polar surface area (TPSA) is 58.8 Å². The highest BCUT2D eigenvalue weighted by Gasteiger charge is 2.31. The fourth-order valence-corrected chi connectivity index (χ4v) is 2.35. The van der Waals surface area contributed by atoms with E-state index in [1.165, 1.54) is 18.2 Å². The number of rotatable bonds is 3. The van der Waals surface area contributed by atoms with E-state index < -0.39 is 12.4 Å². The van der Waals surface area contributed by atoms with Crippen molar-refractivity contribution >= 4 is 11.6 Å². The Bertz CT molecular complexity index is 526. The van der Waals surface area contributed by atoms with E-state index in [4.69, 9.17) is 5.73 Å². The molecule has 1 atom stereocenters. The summed E-state index contributed by atoms with van der Waals surface area (Å²) in [6.45, 7) is 3.68. The molecule has 1 heterocycles.